The van der Waals surface area contributed by atoms with Crippen LogP contribution in [0, 0.1) is 0 Å². The van der Waals surface area contributed by atoms with Gasteiger partial charge in [-0.15, -0.1) is 0 Å². The van der Waals surface area contributed by atoms with Crippen LogP contribution in [0.4, 0.5) is 0 Å². The minimum Gasteiger partial charge on any atom is -0.480 e. The van der Waals surface area contributed by atoms with Gasteiger partial charge < -0.3 is 145 Å². The quantitative estimate of drug-likeness (QED) is 0.0153. The van der Waals surface area contributed by atoms with E-state index in [4.69, 9.17) is 40.1 Å². The number of primary amides is 2. The van der Waals surface area contributed by atoms with Crippen LogP contribution in [0.5, 0.6) is 0 Å². The number of nitrogens with zero attached hydrogens (tertiary/aromatic N) is 3. The Balaban J connectivity index is 1.75. The predicted molar refractivity (Wildman–Crippen MR) is 401 cm³/mol. The molecule has 0 aromatic carbocycles. The highest BCUT2D eigenvalue weighted by Crippen LogP contribution is 2.27. The third kappa shape index (κ3) is 33.3. The summed E-state index contributed by atoms with van der Waals surface area (Å²) in [6.07, 6.45) is 0.805. The van der Waals surface area contributed by atoms with E-state index in [1.165, 1.54) is 11.8 Å². The van der Waals surface area contributed by atoms with E-state index in [-0.39, 0.29) is 109 Å². The largest absolute Gasteiger partial charge is 0.480 e. The number of carbonyl (C=O) groups is 17. The van der Waals surface area contributed by atoms with E-state index in [2.05, 4.69) is 74.1 Å². The predicted octanol–water partition coefficient (Wildman–Crippen LogP) is -12.0. The highest BCUT2D eigenvalue weighted by Gasteiger charge is 2.46. The SMILES string of the molecule is C[C@H](NC(=O)[C@H](CCCCN)NC(=O)[C@H](CCCCN)NC(=O)[C@H](CCCCN)NC(=O)[C@@H]1CCCN1C(=O)[C@@H]1CCCN1C(=O)[C@@H](NC(=O)[C@H](C)NC(=O)[C@H](CCC(N)=O)NC(=O)[C@H](CO)NC(=O)[C@H](CO)NC(=O)[C@H](CO)NC(=O)[C@H](CCCN=C(N)N)NC(=O)[C@H](CCC(N)=O)NC(=O)[C@@H]1CCCN1)[C@@H](C)O)C(=O)O. The van der Waals surface area contributed by atoms with Crippen LogP contribution in [0.15, 0.2) is 4.99 Å². The molecule has 3 heterocycles. The molecule has 3 fully saturated rings. The molecule has 16 amide bonds. The van der Waals surface area contributed by atoms with Gasteiger partial charge in [0.1, 0.15) is 84.6 Å². The summed E-state index contributed by atoms with van der Waals surface area (Å²) in [4.78, 5) is 236. The number of aliphatic hydroxyl groups excluding tert-OH is 4. The molecule has 0 bridgehead atoms. The van der Waals surface area contributed by atoms with Crippen LogP contribution in [0.3, 0.4) is 0 Å². The molecular weight excluding hydrogens is 1490 g/mol. The summed E-state index contributed by atoms with van der Waals surface area (Å²) in [5.74, 6) is -17.0. The van der Waals surface area contributed by atoms with Crippen LogP contribution in [-0.4, -0.2) is 304 Å². The van der Waals surface area contributed by atoms with Gasteiger partial charge in [-0.05, 0) is 169 Å². The Morgan fingerprint density at radius 2 is 0.779 bits per heavy atom. The fourth-order valence-corrected chi connectivity index (χ4v) is 12.5. The topological polar surface area (TPSA) is 749 Å². The average molecular weight is 1610 g/mol. The van der Waals surface area contributed by atoms with Crippen molar-refractivity contribution in [1.29, 1.82) is 0 Å². The molecule has 3 saturated heterocycles. The molecule has 3 aliphatic heterocycles. The number of hydrogen-bond acceptors (Lipinski definition) is 26. The second kappa shape index (κ2) is 50.8. The number of carbonyl (C=O) groups excluding carboxylic acids is 16. The number of carboxylic acid groups (broad SMARTS) is 1. The average Bonchev–Trinajstić information content (AvgIpc) is 1.65. The molecule has 638 valence electrons. The number of nitrogens with two attached hydrogens (primary N) is 7. The number of aliphatic imine (C=N–C) groups is 1. The number of nitrogens with one attached hydrogen (secondary N) is 13. The minimum absolute atomic E-state index is 0.0284. The number of aliphatic carboxylic acids is 1. The van der Waals surface area contributed by atoms with Gasteiger partial charge in [-0.1, -0.05) is 0 Å². The molecule has 3 aliphatic rings. The van der Waals surface area contributed by atoms with E-state index in [0.29, 0.717) is 64.3 Å². The van der Waals surface area contributed by atoms with Crippen LogP contribution < -0.4 is 109 Å². The van der Waals surface area contributed by atoms with Gasteiger partial charge in [-0.2, -0.15) is 0 Å². The number of guanidine groups is 1. The summed E-state index contributed by atoms with van der Waals surface area (Å²) in [6.45, 7) is 1.13. The Labute approximate surface area is 653 Å². The van der Waals surface area contributed by atoms with Gasteiger partial charge in [-0.25, -0.2) is 0 Å². The number of unbranched alkanes of at least 4 members (excludes halogenated alkanes) is 3. The van der Waals surface area contributed by atoms with Crippen molar-refractivity contribution in [2.75, 3.05) is 65.6 Å². The van der Waals surface area contributed by atoms with Gasteiger partial charge in [0.25, 0.3) is 0 Å². The highest BCUT2D eigenvalue weighted by molar-refractivity contribution is 6.01. The third-order valence-electron chi connectivity index (χ3n) is 19.0. The molecule has 32 N–H and O–H groups in total. The van der Waals surface area contributed by atoms with Crippen LogP contribution in [0.1, 0.15) is 156 Å². The Kier molecular flexibility index (Phi) is 43.7. The van der Waals surface area contributed by atoms with Gasteiger partial charge in [0.2, 0.25) is 94.5 Å². The van der Waals surface area contributed by atoms with Crippen molar-refractivity contribution in [3.8, 4) is 0 Å². The molecular formula is C68H119N23O22. The van der Waals surface area contributed by atoms with Crippen molar-refractivity contribution >= 4 is 106 Å². The molecule has 0 aromatic rings. The van der Waals surface area contributed by atoms with Crippen molar-refractivity contribution in [2.45, 2.75) is 252 Å². The lowest BCUT2D eigenvalue weighted by atomic mass is 10.0. The van der Waals surface area contributed by atoms with Crippen molar-refractivity contribution in [3.05, 3.63) is 0 Å². The van der Waals surface area contributed by atoms with Gasteiger partial charge in [0.15, 0.2) is 5.96 Å². The number of rotatable bonds is 53. The van der Waals surface area contributed by atoms with E-state index in [0.717, 1.165) is 18.7 Å². The highest BCUT2D eigenvalue weighted by atomic mass is 16.4. The first kappa shape index (κ1) is 97.1. The minimum atomic E-state index is -2.00. The van der Waals surface area contributed by atoms with E-state index >= 15 is 0 Å². The summed E-state index contributed by atoms with van der Waals surface area (Å²) in [5, 5.41) is 83.0. The number of carboxylic acids is 1. The van der Waals surface area contributed by atoms with E-state index < -0.39 is 230 Å². The first-order chi connectivity index (χ1) is 53.6. The van der Waals surface area contributed by atoms with Crippen molar-refractivity contribution < 1.29 is 107 Å². The number of aliphatic hydroxyl groups is 4. The van der Waals surface area contributed by atoms with Crippen LogP contribution in [0.25, 0.3) is 0 Å². The zero-order valence-electron chi connectivity index (χ0n) is 64.2. The maximum Gasteiger partial charge on any atom is 0.325 e. The van der Waals surface area contributed by atoms with E-state index in [1.807, 2.05) is 0 Å². The molecule has 113 heavy (non-hydrogen) atoms. The lowest BCUT2D eigenvalue weighted by Gasteiger charge is -2.34. The smallest absolute Gasteiger partial charge is 0.325 e. The Bertz CT molecular complexity index is 3270. The lowest BCUT2D eigenvalue weighted by molar-refractivity contribution is -0.149. The first-order valence-electron chi connectivity index (χ1n) is 38.0. The normalized spacial score (nSPS) is 18.6. The van der Waals surface area contributed by atoms with Crippen molar-refractivity contribution in [2.24, 2.45) is 45.1 Å². The first-order valence-corrected chi connectivity index (χ1v) is 38.0. The van der Waals surface area contributed by atoms with Crippen molar-refractivity contribution in [1.82, 2.24) is 78.9 Å². The van der Waals surface area contributed by atoms with Gasteiger partial charge in [0.05, 0.1) is 32.0 Å². The van der Waals surface area contributed by atoms with Gasteiger partial charge in [0, 0.05) is 32.5 Å². The van der Waals surface area contributed by atoms with Crippen molar-refractivity contribution in [3.63, 3.8) is 0 Å². The van der Waals surface area contributed by atoms with E-state index in [1.54, 1.807) is 0 Å². The van der Waals surface area contributed by atoms with Gasteiger partial charge in [-0.3, -0.25) is 86.5 Å². The number of amides is 16. The van der Waals surface area contributed by atoms with Crippen LogP contribution in [0.2, 0.25) is 0 Å². The van der Waals surface area contributed by atoms with Crippen LogP contribution in [-0.2, 0) is 81.5 Å². The molecule has 3 rings (SSSR count). The van der Waals surface area contributed by atoms with Gasteiger partial charge >= 0.3 is 5.97 Å². The summed E-state index contributed by atoms with van der Waals surface area (Å²) < 4.78 is 0. The number of likely N-dealkylation sites (tertiary alicyclic amines) is 2. The summed E-state index contributed by atoms with van der Waals surface area (Å²) in [6, 6.07) is -22.2. The maximum atomic E-state index is 14.6. The van der Waals surface area contributed by atoms with Crippen LogP contribution >= 0.6 is 0 Å². The molecule has 0 unspecified atom stereocenters. The second-order valence-corrected chi connectivity index (χ2v) is 28.0. The molecule has 45 heteroatoms. The Morgan fingerprint density at radius 3 is 1.17 bits per heavy atom. The fraction of sp³-hybridized carbons (Fsp3) is 0.735. The molecule has 0 saturated carbocycles. The zero-order valence-corrected chi connectivity index (χ0v) is 64.2. The molecule has 45 nitrogen and oxygen atoms in total. The maximum absolute atomic E-state index is 14.6. The standard InChI is InChI=1S/C68H119N23O22/c1-35(78-56(101)43(21-23-50(72)96)84-61(106)45(32-92)87-63(108)47(34-94)88-62(107)46(33-93)86-59(104)42(18-11-29-77-68(74)75)82-60(105)44(22-24-51(73)97)83-54(99)38-17-10-28-76-38)53(98)89-52(37(3)95)66(111)91-31-13-20-49(91)65(110)90-30-12-19-48(90)64(109)85-41(16-6-9-27-71)58(103)81-40(15-5-8-26-70)57(102)80-39(14-4-7-25-69)55(100)79-36(2)67(112)113/h35-49,52,76,92-95H,4-34,69-71H2,1-3H3,(H2,72,96)(H2,73,97)(H,78,101)(H,79,100)(H,80,102)(H,81,103)(H,82,105)(H,83,99)(H,84,106)(H,85,109)(H,86,104)(H,87,108)(H,88,107)(H,89,98)(H,112,113)(H4,74,75,77)/t35-,36-,37+,38-,39-,40-,41-,42-,43-,44-,45-,46-,47-,48-,49-,52-/m0/s1. The zero-order chi connectivity index (χ0) is 84.6. The summed E-state index contributed by atoms with van der Waals surface area (Å²) in [7, 11) is 0. The third-order valence-corrected chi connectivity index (χ3v) is 19.0. The lowest BCUT2D eigenvalue weighted by Crippen LogP contribution is -2.62. The summed E-state index contributed by atoms with van der Waals surface area (Å²) >= 11 is 0. The molecule has 0 aromatic heterocycles. The summed E-state index contributed by atoms with van der Waals surface area (Å²) in [5.41, 5.74) is 38.7. The second-order valence-electron chi connectivity index (χ2n) is 28.0. The number of hydrogen-bond donors (Lipinski definition) is 25. The molecule has 0 aliphatic carbocycles. The Morgan fingerprint density at radius 1 is 0.416 bits per heavy atom. The monoisotopic (exact) mass is 1610 g/mol. The fourth-order valence-electron chi connectivity index (χ4n) is 12.5. The molecule has 0 spiro atoms. The van der Waals surface area contributed by atoms with E-state index in [9.17, 15) is 107 Å². The Hall–Kier alpha value is -10.1. The molecule has 0 radical (unpaired) electrons. The molecule has 16 atom stereocenters.